The third kappa shape index (κ3) is 42.3. The Morgan fingerprint density at radius 2 is 0.679 bits per heavy atom. The lowest BCUT2D eigenvalue weighted by Crippen LogP contribution is -2.30. The highest BCUT2D eigenvalue weighted by Gasteiger charge is 2.19. The van der Waals surface area contributed by atoms with E-state index in [1.54, 1.807) is 0 Å². The first-order valence-corrected chi connectivity index (χ1v) is 23.3. The fourth-order valence-electron chi connectivity index (χ4n) is 6.26. The summed E-state index contributed by atoms with van der Waals surface area (Å²) in [6, 6.07) is 0. The van der Waals surface area contributed by atoms with E-state index >= 15 is 0 Å². The molecule has 6 heteroatoms. The standard InChI is InChI=1S/C50H86O6/c1-4-7-10-13-16-19-22-23-24-25-26-27-28-29-32-34-37-40-43-49(52)55-46-47(56-50(53)44-41-38-35-31-21-18-15-12-9-6-3)45-54-48(51)42-39-36-33-30-20-17-14-11-8-5-2/h15-16,18-19,22-27,47H,4-14,17,20-21,28-46H2,1-3H3/b18-15-,19-16-,23-22-,25-24-,27-26-. The smallest absolute Gasteiger partial charge is 0.306 e. The SMILES string of the molecule is CCCC/C=C\CCCCCCC(=O)OC(COC(=O)CCCCCCC\C=C/C=C\C=C/C=C\CCCCC)COC(=O)CCCCCCCCCCCC. The van der Waals surface area contributed by atoms with Crippen molar-refractivity contribution in [2.24, 2.45) is 0 Å². The number of carbonyl (C=O) groups excluding carboxylic acids is 3. The maximum absolute atomic E-state index is 12.7. The van der Waals surface area contributed by atoms with Gasteiger partial charge in [0, 0.05) is 19.3 Å². The van der Waals surface area contributed by atoms with E-state index < -0.39 is 6.10 Å². The first-order valence-electron chi connectivity index (χ1n) is 23.3. The molecule has 0 aromatic heterocycles. The monoisotopic (exact) mass is 783 g/mol. The minimum Gasteiger partial charge on any atom is -0.462 e. The fraction of sp³-hybridized carbons (Fsp3) is 0.740. The van der Waals surface area contributed by atoms with Gasteiger partial charge in [-0.05, 0) is 64.2 Å². The molecule has 0 N–H and O–H groups in total. The van der Waals surface area contributed by atoms with Crippen molar-refractivity contribution in [1.29, 1.82) is 0 Å². The third-order valence-corrected chi connectivity index (χ3v) is 9.84. The van der Waals surface area contributed by atoms with Gasteiger partial charge in [0.1, 0.15) is 13.2 Å². The Bertz CT molecular complexity index is 1040. The van der Waals surface area contributed by atoms with Gasteiger partial charge < -0.3 is 14.2 Å². The molecule has 0 spiro atoms. The van der Waals surface area contributed by atoms with E-state index in [0.29, 0.717) is 19.3 Å². The summed E-state index contributed by atoms with van der Waals surface area (Å²) in [6.45, 7) is 6.50. The second-order valence-corrected chi connectivity index (χ2v) is 15.4. The molecular weight excluding hydrogens is 697 g/mol. The van der Waals surface area contributed by atoms with Crippen LogP contribution in [0.2, 0.25) is 0 Å². The van der Waals surface area contributed by atoms with Crippen LogP contribution in [0.15, 0.2) is 60.8 Å². The Labute approximate surface area is 345 Å². The van der Waals surface area contributed by atoms with Crippen molar-refractivity contribution in [2.75, 3.05) is 13.2 Å². The minimum atomic E-state index is -0.785. The van der Waals surface area contributed by atoms with Gasteiger partial charge in [-0.25, -0.2) is 0 Å². The predicted octanol–water partition coefficient (Wildman–Crippen LogP) is 14.9. The lowest BCUT2D eigenvalue weighted by Gasteiger charge is -2.18. The topological polar surface area (TPSA) is 78.9 Å². The maximum Gasteiger partial charge on any atom is 0.306 e. The minimum absolute atomic E-state index is 0.0859. The Morgan fingerprint density at radius 3 is 1.14 bits per heavy atom. The zero-order valence-corrected chi connectivity index (χ0v) is 36.6. The van der Waals surface area contributed by atoms with Gasteiger partial charge in [0.15, 0.2) is 6.10 Å². The molecule has 0 aliphatic carbocycles. The second-order valence-electron chi connectivity index (χ2n) is 15.4. The molecule has 0 saturated carbocycles. The van der Waals surface area contributed by atoms with Gasteiger partial charge in [0.2, 0.25) is 0 Å². The van der Waals surface area contributed by atoms with Crippen LogP contribution in [0.5, 0.6) is 0 Å². The summed E-state index contributed by atoms with van der Waals surface area (Å²) in [5.41, 5.74) is 0. The van der Waals surface area contributed by atoms with Crippen molar-refractivity contribution < 1.29 is 28.6 Å². The average molecular weight is 783 g/mol. The number of rotatable bonds is 41. The van der Waals surface area contributed by atoms with Crippen LogP contribution in [0.4, 0.5) is 0 Å². The van der Waals surface area contributed by atoms with Crippen LogP contribution in [-0.2, 0) is 28.6 Å². The number of hydrogen-bond donors (Lipinski definition) is 0. The summed E-state index contributed by atoms with van der Waals surface area (Å²) in [5, 5.41) is 0. The van der Waals surface area contributed by atoms with Gasteiger partial charge in [-0.2, -0.15) is 0 Å². The zero-order chi connectivity index (χ0) is 40.8. The molecule has 6 nitrogen and oxygen atoms in total. The number of hydrogen-bond acceptors (Lipinski definition) is 6. The zero-order valence-electron chi connectivity index (χ0n) is 36.6. The van der Waals surface area contributed by atoms with Crippen molar-refractivity contribution in [3.8, 4) is 0 Å². The van der Waals surface area contributed by atoms with E-state index in [-0.39, 0.29) is 31.1 Å². The van der Waals surface area contributed by atoms with E-state index in [9.17, 15) is 14.4 Å². The fourth-order valence-corrected chi connectivity index (χ4v) is 6.26. The number of allylic oxidation sites excluding steroid dienone is 10. The number of esters is 3. The number of carbonyl (C=O) groups is 3. The molecule has 1 atom stereocenters. The molecule has 0 heterocycles. The molecule has 0 aromatic carbocycles. The van der Waals surface area contributed by atoms with Gasteiger partial charge in [-0.15, -0.1) is 0 Å². The van der Waals surface area contributed by atoms with E-state index in [1.807, 2.05) is 0 Å². The van der Waals surface area contributed by atoms with Crippen LogP contribution in [0.25, 0.3) is 0 Å². The van der Waals surface area contributed by atoms with E-state index in [1.165, 1.54) is 77.0 Å². The molecule has 0 bridgehead atoms. The van der Waals surface area contributed by atoms with Crippen molar-refractivity contribution >= 4 is 17.9 Å². The van der Waals surface area contributed by atoms with E-state index in [4.69, 9.17) is 14.2 Å². The molecule has 0 fully saturated rings. The highest BCUT2D eigenvalue weighted by molar-refractivity contribution is 5.71. The average Bonchev–Trinajstić information content (AvgIpc) is 3.19. The summed E-state index contributed by atoms with van der Waals surface area (Å²) in [7, 11) is 0. The number of ether oxygens (including phenoxy) is 3. The molecule has 0 saturated heterocycles. The Hall–Kier alpha value is -2.89. The van der Waals surface area contributed by atoms with E-state index in [0.717, 1.165) is 103 Å². The van der Waals surface area contributed by atoms with Gasteiger partial charge in [0.05, 0.1) is 0 Å². The van der Waals surface area contributed by atoms with Crippen LogP contribution >= 0.6 is 0 Å². The second kappa shape index (κ2) is 44.8. The largest absolute Gasteiger partial charge is 0.462 e. The van der Waals surface area contributed by atoms with Gasteiger partial charge in [0.25, 0.3) is 0 Å². The predicted molar refractivity (Wildman–Crippen MR) is 238 cm³/mol. The molecule has 0 aliphatic heterocycles. The lowest BCUT2D eigenvalue weighted by atomic mass is 10.1. The van der Waals surface area contributed by atoms with Crippen molar-refractivity contribution in [3.05, 3.63) is 60.8 Å². The highest BCUT2D eigenvalue weighted by atomic mass is 16.6. The summed E-state index contributed by atoms with van der Waals surface area (Å²) in [6.07, 6.45) is 53.4. The van der Waals surface area contributed by atoms with Crippen LogP contribution in [0.3, 0.4) is 0 Å². The highest BCUT2D eigenvalue weighted by Crippen LogP contribution is 2.13. The van der Waals surface area contributed by atoms with E-state index in [2.05, 4.69) is 81.5 Å². The van der Waals surface area contributed by atoms with Crippen molar-refractivity contribution in [3.63, 3.8) is 0 Å². The third-order valence-electron chi connectivity index (χ3n) is 9.84. The Morgan fingerprint density at radius 1 is 0.357 bits per heavy atom. The quantitative estimate of drug-likeness (QED) is 0.0202. The molecule has 322 valence electrons. The summed E-state index contributed by atoms with van der Waals surface area (Å²) < 4.78 is 16.7. The number of unbranched alkanes of at least 4 members (excludes halogenated alkanes) is 23. The first kappa shape index (κ1) is 53.1. The van der Waals surface area contributed by atoms with Gasteiger partial charge in [-0.1, -0.05) is 197 Å². The summed E-state index contributed by atoms with van der Waals surface area (Å²) in [5.74, 6) is -0.927. The van der Waals surface area contributed by atoms with Gasteiger partial charge in [-0.3, -0.25) is 14.4 Å². The summed E-state index contributed by atoms with van der Waals surface area (Å²) >= 11 is 0. The first-order chi connectivity index (χ1) is 27.5. The lowest BCUT2D eigenvalue weighted by molar-refractivity contribution is -0.167. The molecule has 0 aromatic rings. The van der Waals surface area contributed by atoms with Crippen LogP contribution < -0.4 is 0 Å². The molecule has 0 radical (unpaired) electrons. The van der Waals surface area contributed by atoms with Crippen molar-refractivity contribution in [2.45, 2.75) is 226 Å². The van der Waals surface area contributed by atoms with Crippen LogP contribution in [0, 0.1) is 0 Å². The Kier molecular flexibility index (Phi) is 42.5. The molecule has 1 unspecified atom stereocenters. The molecule has 0 amide bonds. The van der Waals surface area contributed by atoms with Crippen molar-refractivity contribution in [1.82, 2.24) is 0 Å². The molecule has 0 rings (SSSR count). The maximum atomic E-state index is 12.7. The van der Waals surface area contributed by atoms with Crippen LogP contribution in [-0.4, -0.2) is 37.2 Å². The molecular formula is C50H86O6. The normalized spacial score (nSPS) is 12.6. The van der Waals surface area contributed by atoms with Crippen LogP contribution in [0.1, 0.15) is 220 Å². The molecule has 0 aliphatic rings. The summed E-state index contributed by atoms with van der Waals surface area (Å²) in [4.78, 5) is 37.7. The molecule has 56 heavy (non-hydrogen) atoms. The Balaban J connectivity index is 4.39. The van der Waals surface area contributed by atoms with Gasteiger partial charge >= 0.3 is 17.9 Å².